The average molecular weight is 496 g/mol. The van der Waals surface area contributed by atoms with Crippen molar-refractivity contribution in [2.24, 2.45) is 4.99 Å². The number of piperidine rings is 1. The van der Waals surface area contributed by atoms with Gasteiger partial charge in [0.2, 0.25) is 0 Å². The van der Waals surface area contributed by atoms with Crippen molar-refractivity contribution in [1.82, 2.24) is 25.3 Å². The third kappa shape index (κ3) is 6.48. The number of hydrogen-bond donors (Lipinski definition) is 2. The van der Waals surface area contributed by atoms with Crippen molar-refractivity contribution >= 4 is 29.9 Å². The van der Waals surface area contributed by atoms with E-state index >= 15 is 0 Å². The maximum atomic E-state index is 4.42. The molecule has 154 valence electrons. The molecule has 0 saturated carbocycles. The number of nitrogens with one attached hydrogen (secondary N) is 2. The first-order valence-corrected chi connectivity index (χ1v) is 9.91. The quantitative estimate of drug-likeness (QED) is 0.367. The van der Waals surface area contributed by atoms with Crippen molar-refractivity contribution < 1.29 is 0 Å². The van der Waals surface area contributed by atoms with Gasteiger partial charge < -0.3 is 15.5 Å². The predicted octanol–water partition coefficient (Wildman–Crippen LogP) is 3.09. The molecule has 3 rings (SSSR count). The van der Waals surface area contributed by atoms with E-state index in [1.54, 1.807) is 0 Å². The maximum absolute atomic E-state index is 4.42. The van der Waals surface area contributed by atoms with Crippen LogP contribution in [-0.4, -0.2) is 52.9 Å². The Kier molecular flexibility index (Phi) is 9.24. The Morgan fingerprint density at radius 1 is 1.18 bits per heavy atom. The van der Waals surface area contributed by atoms with E-state index < -0.39 is 0 Å². The molecule has 0 radical (unpaired) electrons. The van der Waals surface area contributed by atoms with Gasteiger partial charge in [-0.25, -0.2) is 0 Å². The van der Waals surface area contributed by atoms with Gasteiger partial charge >= 0.3 is 0 Å². The van der Waals surface area contributed by atoms with Gasteiger partial charge in [0.25, 0.3) is 0 Å². The zero-order chi connectivity index (χ0) is 19.1. The van der Waals surface area contributed by atoms with Crippen LogP contribution >= 0.6 is 24.0 Å². The maximum Gasteiger partial charge on any atom is 0.191 e. The van der Waals surface area contributed by atoms with E-state index in [-0.39, 0.29) is 24.0 Å². The number of rotatable bonds is 6. The van der Waals surface area contributed by atoms with Crippen molar-refractivity contribution in [3.05, 3.63) is 53.9 Å². The van der Waals surface area contributed by atoms with E-state index in [0.717, 1.165) is 45.0 Å². The zero-order valence-electron chi connectivity index (χ0n) is 17.1. The van der Waals surface area contributed by atoms with Crippen molar-refractivity contribution in [1.29, 1.82) is 0 Å². The number of hydrogen-bond acceptors (Lipinski definition) is 3. The number of nitrogens with zero attached hydrogens (tertiary/aromatic N) is 4. The fraction of sp³-hybridized carbons (Fsp3) is 0.524. The minimum atomic E-state index is 0. The number of aromatic nitrogens is 2. The second-order valence-electron chi connectivity index (χ2n) is 7.45. The Morgan fingerprint density at radius 3 is 2.50 bits per heavy atom. The summed E-state index contributed by atoms with van der Waals surface area (Å²) in [5, 5.41) is 11.4. The van der Waals surface area contributed by atoms with E-state index in [2.05, 4.69) is 63.7 Å². The fourth-order valence-electron chi connectivity index (χ4n) is 3.58. The molecule has 2 N–H and O–H groups in total. The topological polar surface area (TPSA) is 57.5 Å². The Balaban J connectivity index is 0.00000280. The van der Waals surface area contributed by atoms with Crippen molar-refractivity contribution in [3.8, 4) is 0 Å². The highest BCUT2D eigenvalue weighted by Crippen LogP contribution is 2.13. The SMILES string of the molecule is CN=C(NCc1ccccc1Cn1cccn1)NC1CCN(C(C)C)CC1.I. The summed E-state index contributed by atoms with van der Waals surface area (Å²) in [7, 11) is 1.84. The van der Waals surface area contributed by atoms with Gasteiger partial charge in [-0.05, 0) is 43.9 Å². The van der Waals surface area contributed by atoms with Crippen LogP contribution in [0.4, 0.5) is 0 Å². The van der Waals surface area contributed by atoms with Gasteiger partial charge in [-0.15, -0.1) is 24.0 Å². The summed E-state index contributed by atoms with van der Waals surface area (Å²) >= 11 is 0. The Morgan fingerprint density at radius 2 is 1.89 bits per heavy atom. The lowest BCUT2D eigenvalue weighted by Gasteiger charge is -2.35. The lowest BCUT2D eigenvalue weighted by molar-refractivity contribution is 0.167. The highest BCUT2D eigenvalue weighted by molar-refractivity contribution is 14.0. The van der Waals surface area contributed by atoms with Crippen LogP contribution in [0.25, 0.3) is 0 Å². The zero-order valence-corrected chi connectivity index (χ0v) is 19.5. The van der Waals surface area contributed by atoms with Gasteiger partial charge in [-0.2, -0.15) is 5.10 Å². The van der Waals surface area contributed by atoms with Crippen LogP contribution in [0.1, 0.15) is 37.8 Å². The summed E-state index contributed by atoms with van der Waals surface area (Å²) < 4.78 is 1.95. The average Bonchev–Trinajstić information content (AvgIpc) is 3.19. The van der Waals surface area contributed by atoms with Crippen molar-refractivity contribution in [3.63, 3.8) is 0 Å². The number of aliphatic imine (C=N–C) groups is 1. The van der Waals surface area contributed by atoms with E-state index in [9.17, 15) is 0 Å². The van der Waals surface area contributed by atoms with Crippen molar-refractivity contribution in [2.45, 2.75) is 51.9 Å². The predicted molar refractivity (Wildman–Crippen MR) is 126 cm³/mol. The van der Waals surface area contributed by atoms with Gasteiger partial charge in [0.1, 0.15) is 0 Å². The summed E-state index contributed by atoms with van der Waals surface area (Å²) in [5.41, 5.74) is 2.54. The van der Waals surface area contributed by atoms with Crippen LogP contribution < -0.4 is 10.6 Å². The van der Waals surface area contributed by atoms with Crippen LogP contribution in [0.15, 0.2) is 47.7 Å². The monoisotopic (exact) mass is 496 g/mol. The second kappa shape index (κ2) is 11.4. The van der Waals surface area contributed by atoms with E-state index in [0.29, 0.717) is 12.1 Å². The minimum absolute atomic E-state index is 0. The molecule has 1 saturated heterocycles. The smallest absolute Gasteiger partial charge is 0.191 e. The molecule has 6 nitrogen and oxygen atoms in total. The first-order valence-electron chi connectivity index (χ1n) is 9.91. The Hall–Kier alpha value is -1.61. The molecule has 0 bridgehead atoms. The molecule has 1 aliphatic rings. The number of guanidine groups is 1. The lowest BCUT2D eigenvalue weighted by atomic mass is 10.0. The normalized spacial score (nSPS) is 16.1. The van der Waals surface area contributed by atoms with E-state index in [4.69, 9.17) is 0 Å². The lowest BCUT2D eigenvalue weighted by Crippen LogP contribution is -2.49. The first kappa shape index (κ1) is 22.7. The minimum Gasteiger partial charge on any atom is -0.354 e. The number of halogens is 1. The third-order valence-electron chi connectivity index (χ3n) is 5.28. The van der Waals surface area contributed by atoms with Gasteiger partial charge in [-0.1, -0.05) is 24.3 Å². The standard InChI is InChI=1S/C21H32N6.HI/c1-17(2)26-13-9-20(10-14-26)25-21(22-3)23-15-18-7-4-5-8-19(18)16-27-12-6-11-24-27;/h4-8,11-12,17,20H,9-10,13-16H2,1-3H3,(H2,22,23,25);1H. The molecule has 28 heavy (non-hydrogen) atoms. The molecule has 1 fully saturated rings. The highest BCUT2D eigenvalue weighted by Gasteiger charge is 2.21. The van der Waals surface area contributed by atoms with Gasteiger partial charge in [-0.3, -0.25) is 9.67 Å². The molecule has 1 aromatic carbocycles. The van der Waals surface area contributed by atoms with Crippen LogP contribution in [0.2, 0.25) is 0 Å². The summed E-state index contributed by atoms with van der Waals surface area (Å²) in [6.45, 7) is 8.38. The van der Waals surface area contributed by atoms with Gasteiger partial charge in [0.05, 0.1) is 6.54 Å². The third-order valence-corrected chi connectivity index (χ3v) is 5.28. The molecular formula is C21H33IN6. The van der Waals surface area contributed by atoms with Crippen LogP contribution in [0.5, 0.6) is 0 Å². The largest absolute Gasteiger partial charge is 0.354 e. The van der Waals surface area contributed by atoms with E-state index in [1.807, 2.05) is 30.2 Å². The Labute approximate surface area is 185 Å². The van der Waals surface area contributed by atoms with Crippen LogP contribution in [0.3, 0.4) is 0 Å². The summed E-state index contributed by atoms with van der Waals surface area (Å²) in [6.07, 6.45) is 6.13. The molecule has 2 aromatic rings. The molecule has 0 amide bonds. The van der Waals surface area contributed by atoms with Crippen LogP contribution in [-0.2, 0) is 13.1 Å². The van der Waals surface area contributed by atoms with Crippen LogP contribution in [0, 0.1) is 0 Å². The highest BCUT2D eigenvalue weighted by atomic mass is 127. The number of likely N-dealkylation sites (tertiary alicyclic amines) is 1. The Bertz CT molecular complexity index is 720. The summed E-state index contributed by atoms with van der Waals surface area (Å²) in [4.78, 5) is 6.96. The molecule has 0 atom stereocenters. The molecule has 2 heterocycles. The summed E-state index contributed by atoms with van der Waals surface area (Å²) in [6, 6.07) is 11.6. The molecule has 1 aromatic heterocycles. The molecule has 0 spiro atoms. The molecule has 7 heteroatoms. The van der Waals surface area contributed by atoms with Gasteiger partial charge in [0.15, 0.2) is 5.96 Å². The van der Waals surface area contributed by atoms with Gasteiger partial charge in [0, 0.05) is 51.2 Å². The molecule has 0 unspecified atom stereocenters. The second-order valence-corrected chi connectivity index (χ2v) is 7.45. The fourth-order valence-corrected chi connectivity index (χ4v) is 3.58. The van der Waals surface area contributed by atoms with Crippen molar-refractivity contribution in [2.75, 3.05) is 20.1 Å². The molecular weight excluding hydrogens is 463 g/mol. The molecule has 0 aliphatic carbocycles. The number of benzene rings is 1. The molecule has 1 aliphatic heterocycles. The van der Waals surface area contributed by atoms with E-state index in [1.165, 1.54) is 11.1 Å². The first-order chi connectivity index (χ1) is 13.2. The summed E-state index contributed by atoms with van der Waals surface area (Å²) in [5.74, 6) is 0.881.